The number of benzene rings is 1. The minimum atomic E-state index is -1.03. The molecule has 1 aliphatic heterocycles. The average Bonchev–Trinajstić information content (AvgIpc) is 2.61. The lowest BCUT2D eigenvalue weighted by Gasteiger charge is -2.40. The summed E-state index contributed by atoms with van der Waals surface area (Å²) >= 11 is 0. The van der Waals surface area contributed by atoms with Gasteiger partial charge in [-0.1, -0.05) is 0 Å². The Hall–Kier alpha value is -3.56. The van der Waals surface area contributed by atoms with Crippen molar-refractivity contribution in [3.8, 4) is 0 Å². The maximum Gasteiger partial charge on any atom is 0.415 e. The molecule has 1 aromatic carbocycles. The Bertz CT molecular complexity index is 958. The van der Waals surface area contributed by atoms with Gasteiger partial charge < -0.3 is 10.1 Å². The molecule has 0 atom stereocenters. The Balaban J connectivity index is 2.13. The number of fused-ring (bicyclic) bond motifs is 1. The second-order valence-corrected chi connectivity index (χ2v) is 7.03. The van der Waals surface area contributed by atoms with Gasteiger partial charge in [-0.15, -0.1) is 0 Å². The minimum absolute atomic E-state index is 0.0176. The van der Waals surface area contributed by atoms with Crippen LogP contribution in [0.15, 0.2) is 30.7 Å². The van der Waals surface area contributed by atoms with Crippen LogP contribution in [-0.4, -0.2) is 32.9 Å². The number of nitrogens with one attached hydrogen (secondary N) is 1. The molecule has 0 radical (unpaired) electrons. The van der Waals surface area contributed by atoms with Gasteiger partial charge in [0.1, 0.15) is 17.0 Å². The van der Waals surface area contributed by atoms with Crippen molar-refractivity contribution in [2.45, 2.75) is 39.3 Å². The third-order valence-electron chi connectivity index (χ3n) is 4.32. The molecule has 0 saturated heterocycles. The van der Waals surface area contributed by atoms with Crippen molar-refractivity contribution in [1.29, 1.82) is 0 Å². The number of hydrogen-bond donors (Lipinski definition) is 1. The van der Waals surface area contributed by atoms with Crippen LogP contribution < -0.4 is 10.2 Å². The van der Waals surface area contributed by atoms with Crippen molar-refractivity contribution in [2.24, 2.45) is 0 Å². The van der Waals surface area contributed by atoms with E-state index in [2.05, 4.69) is 15.3 Å². The highest BCUT2D eigenvalue weighted by molar-refractivity contribution is 6.04. The highest BCUT2D eigenvalue weighted by Gasteiger charge is 2.41. The molecule has 146 valence electrons. The molecule has 10 heteroatoms. The molecule has 2 amide bonds. The monoisotopic (exact) mass is 385 g/mol. The summed E-state index contributed by atoms with van der Waals surface area (Å²) in [7, 11) is 0. The molecule has 0 bridgehead atoms. The molecule has 3 rings (SSSR count). The molecule has 10 nitrogen and oxygen atoms in total. The van der Waals surface area contributed by atoms with E-state index >= 15 is 0 Å². The first kappa shape index (κ1) is 19.2. The summed E-state index contributed by atoms with van der Waals surface area (Å²) in [5, 5.41) is 14.1. The highest BCUT2D eigenvalue weighted by atomic mass is 16.6. The fourth-order valence-electron chi connectivity index (χ4n) is 3.02. The quantitative estimate of drug-likeness (QED) is 0.632. The Kier molecular flexibility index (Phi) is 4.72. The second kappa shape index (κ2) is 6.87. The predicted octanol–water partition coefficient (Wildman–Crippen LogP) is 3.24. The lowest BCUT2D eigenvalue weighted by Crippen LogP contribution is -2.46. The number of carbonyl (C=O) groups is 2. The topological polar surface area (TPSA) is 128 Å². The van der Waals surface area contributed by atoms with E-state index < -0.39 is 22.5 Å². The van der Waals surface area contributed by atoms with Gasteiger partial charge >= 0.3 is 6.09 Å². The van der Waals surface area contributed by atoms with Crippen LogP contribution >= 0.6 is 0 Å². The van der Waals surface area contributed by atoms with Crippen molar-refractivity contribution in [3.63, 3.8) is 0 Å². The van der Waals surface area contributed by atoms with Crippen molar-refractivity contribution < 1.29 is 19.2 Å². The molecule has 1 N–H and O–H groups in total. The van der Waals surface area contributed by atoms with E-state index in [-0.39, 0.29) is 23.1 Å². The first-order valence-electron chi connectivity index (χ1n) is 8.54. The Morgan fingerprint density at radius 2 is 2.04 bits per heavy atom. The zero-order chi connectivity index (χ0) is 20.6. The van der Waals surface area contributed by atoms with Gasteiger partial charge in [-0.25, -0.2) is 9.78 Å². The van der Waals surface area contributed by atoms with Crippen LogP contribution in [0.25, 0.3) is 0 Å². The smallest absolute Gasteiger partial charge is 0.415 e. The average molecular weight is 385 g/mol. The number of aromatic nitrogens is 2. The van der Waals surface area contributed by atoms with E-state index in [1.165, 1.54) is 35.6 Å². The van der Waals surface area contributed by atoms with Crippen molar-refractivity contribution in [3.05, 3.63) is 52.1 Å². The molecule has 0 saturated carbocycles. The van der Waals surface area contributed by atoms with Crippen molar-refractivity contribution in [1.82, 2.24) is 9.97 Å². The molecular formula is C18H19N5O5. The molecular weight excluding hydrogens is 366 g/mol. The molecule has 0 fully saturated rings. The van der Waals surface area contributed by atoms with Gasteiger partial charge in [0.2, 0.25) is 0 Å². The van der Waals surface area contributed by atoms with Gasteiger partial charge in [0, 0.05) is 30.1 Å². The molecule has 0 unspecified atom stereocenters. The lowest BCUT2D eigenvalue weighted by atomic mass is 9.92. The van der Waals surface area contributed by atoms with Gasteiger partial charge in [0.25, 0.3) is 11.6 Å². The lowest BCUT2D eigenvalue weighted by molar-refractivity contribution is -0.383. The summed E-state index contributed by atoms with van der Waals surface area (Å²) < 4.78 is 5.50. The van der Waals surface area contributed by atoms with E-state index in [0.717, 1.165) is 0 Å². The van der Waals surface area contributed by atoms with Gasteiger partial charge in [0.05, 0.1) is 16.8 Å². The van der Waals surface area contributed by atoms with Crippen LogP contribution in [0, 0.1) is 10.1 Å². The number of nitrogens with zero attached hydrogens (tertiary/aromatic N) is 4. The van der Waals surface area contributed by atoms with Gasteiger partial charge in [0.15, 0.2) is 0 Å². The zero-order valence-electron chi connectivity index (χ0n) is 15.8. The van der Waals surface area contributed by atoms with Gasteiger partial charge in [-0.3, -0.25) is 24.8 Å². The maximum absolute atomic E-state index is 12.4. The molecule has 1 aliphatic rings. The number of ether oxygens (including phenoxy) is 1. The van der Waals surface area contributed by atoms with E-state index in [1.54, 1.807) is 27.7 Å². The first-order chi connectivity index (χ1) is 13.1. The number of hydrogen-bond acceptors (Lipinski definition) is 7. The third-order valence-corrected chi connectivity index (χ3v) is 4.32. The fourth-order valence-corrected chi connectivity index (χ4v) is 3.02. The predicted molar refractivity (Wildman–Crippen MR) is 100 cm³/mol. The number of amides is 2. The van der Waals surface area contributed by atoms with Crippen LogP contribution in [0.3, 0.4) is 0 Å². The van der Waals surface area contributed by atoms with Crippen LogP contribution in [0.4, 0.5) is 21.9 Å². The summed E-state index contributed by atoms with van der Waals surface area (Å²) in [5.74, 6) is -0.637. The van der Waals surface area contributed by atoms with E-state index in [4.69, 9.17) is 4.74 Å². The number of anilines is 2. The number of carbonyl (C=O) groups excluding carboxylic acids is 2. The Labute approximate surface area is 160 Å². The van der Waals surface area contributed by atoms with Gasteiger partial charge in [-0.05, 0) is 33.8 Å². The van der Waals surface area contributed by atoms with Crippen LogP contribution in [0.1, 0.15) is 43.7 Å². The standard InChI is InChI=1S/C18H19N5O5/c1-10(2)22-14-8-15(23(26)27)12(7-11(14)18(3,4)28-17(22)25)21-16(24)13-9-19-5-6-20-13/h5-10H,1-4H3,(H,21,24). The number of nitro benzene ring substituents is 1. The minimum Gasteiger partial charge on any atom is -0.438 e. The van der Waals surface area contributed by atoms with Crippen LogP contribution in [-0.2, 0) is 10.3 Å². The Morgan fingerprint density at radius 3 is 2.61 bits per heavy atom. The molecule has 28 heavy (non-hydrogen) atoms. The molecule has 0 spiro atoms. The van der Waals surface area contributed by atoms with Crippen molar-refractivity contribution >= 4 is 29.1 Å². The molecule has 2 heterocycles. The second-order valence-electron chi connectivity index (χ2n) is 7.03. The molecule has 0 aliphatic carbocycles. The maximum atomic E-state index is 12.4. The van der Waals surface area contributed by atoms with E-state index in [0.29, 0.717) is 11.3 Å². The number of nitro groups is 1. The third kappa shape index (κ3) is 3.36. The first-order valence-corrected chi connectivity index (χ1v) is 8.54. The Morgan fingerprint density at radius 1 is 1.32 bits per heavy atom. The van der Waals surface area contributed by atoms with E-state index in [9.17, 15) is 19.7 Å². The van der Waals surface area contributed by atoms with E-state index in [1.807, 2.05) is 0 Å². The fraction of sp³-hybridized carbons (Fsp3) is 0.333. The highest BCUT2D eigenvalue weighted by Crippen LogP contribution is 2.44. The zero-order valence-corrected chi connectivity index (χ0v) is 15.8. The summed E-state index contributed by atoms with van der Waals surface area (Å²) in [5.41, 5.74) is -0.453. The molecule has 1 aromatic heterocycles. The molecule has 2 aromatic rings. The normalized spacial score (nSPS) is 15.0. The summed E-state index contributed by atoms with van der Waals surface area (Å²) in [4.78, 5) is 44.9. The summed E-state index contributed by atoms with van der Waals surface area (Å²) in [6.45, 7) is 6.92. The summed E-state index contributed by atoms with van der Waals surface area (Å²) in [6.07, 6.45) is 3.43. The van der Waals surface area contributed by atoms with Gasteiger partial charge in [-0.2, -0.15) is 0 Å². The summed E-state index contributed by atoms with van der Waals surface area (Å²) in [6, 6.07) is 2.47. The van der Waals surface area contributed by atoms with Crippen LogP contribution in [0.2, 0.25) is 0 Å². The SMILES string of the molecule is CC(C)N1C(=O)OC(C)(C)c2cc(NC(=O)c3cnccn3)c([N+](=O)[O-])cc21. The largest absolute Gasteiger partial charge is 0.438 e. The van der Waals surface area contributed by atoms with Crippen molar-refractivity contribution in [2.75, 3.05) is 10.2 Å². The number of rotatable bonds is 4. The number of cyclic esters (lactones) is 1. The van der Waals surface area contributed by atoms with Crippen LogP contribution in [0.5, 0.6) is 0 Å².